The van der Waals surface area contributed by atoms with Crippen LogP contribution in [-0.2, 0) is 16.2 Å². The summed E-state index contributed by atoms with van der Waals surface area (Å²) in [5, 5.41) is 7.31. The van der Waals surface area contributed by atoms with Crippen molar-refractivity contribution in [1.82, 2.24) is 15.4 Å². The molecule has 2 aliphatic heterocycles. The maximum absolute atomic E-state index is 12.0. The van der Waals surface area contributed by atoms with Crippen molar-refractivity contribution in [3.63, 3.8) is 0 Å². The lowest BCUT2D eigenvalue weighted by atomic mass is 10.0. The average molecular weight is 408 g/mol. The highest BCUT2D eigenvalue weighted by Crippen LogP contribution is 2.29. The van der Waals surface area contributed by atoms with Gasteiger partial charge in [0.05, 0.1) is 13.2 Å². The Hall–Kier alpha value is -3.23. The van der Waals surface area contributed by atoms with Gasteiger partial charge < -0.3 is 15.4 Å². The summed E-state index contributed by atoms with van der Waals surface area (Å²) in [5.41, 5.74) is 4.24. The van der Waals surface area contributed by atoms with Crippen molar-refractivity contribution in [2.75, 3.05) is 25.5 Å². The molecule has 2 N–H and O–H groups in total. The molecule has 30 heavy (non-hydrogen) atoms. The quantitative estimate of drug-likeness (QED) is 0.789. The predicted molar refractivity (Wildman–Crippen MR) is 112 cm³/mol. The summed E-state index contributed by atoms with van der Waals surface area (Å²) in [5.74, 6) is 0.201. The van der Waals surface area contributed by atoms with Gasteiger partial charge in [0.25, 0.3) is 11.8 Å². The summed E-state index contributed by atoms with van der Waals surface area (Å²) < 4.78 is 5.63. The van der Waals surface area contributed by atoms with Crippen LogP contribution in [0.25, 0.3) is 5.57 Å². The predicted octanol–water partition coefficient (Wildman–Crippen LogP) is 2.38. The number of anilines is 1. The lowest BCUT2D eigenvalue weighted by Gasteiger charge is -2.27. The average Bonchev–Trinajstić information content (AvgIpc) is 2.78. The van der Waals surface area contributed by atoms with Gasteiger partial charge in [0, 0.05) is 25.4 Å². The topological polar surface area (TPSA) is 92.8 Å². The standard InChI is InChI=1S/C22H24N4O4/c1-3-19-21(28)25-18-10-14(11-24-22(18)30-19)12-26-9-8-17(13-29-26)15-4-6-16(7-5-15)20(27)23-2/h4-8,10-11,19H,3,9,12-13H2,1-2H3,(H,23,27)(H,25,28). The second-order valence-electron chi connectivity index (χ2n) is 7.18. The molecule has 1 aromatic carbocycles. The van der Waals surface area contributed by atoms with Crippen molar-refractivity contribution in [2.24, 2.45) is 0 Å². The largest absolute Gasteiger partial charge is 0.463 e. The fourth-order valence-electron chi connectivity index (χ4n) is 3.42. The van der Waals surface area contributed by atoms with E-state index in [-0.39, 0.29) is 11.8 Å². The number of carbonyl (C=O) groups excluding carboxylic acids is 2. The molecule has 0 saturated heterocycles. The number of carbonyl (C=O) groups is 2. The molecule has 2 aromatic rings. The second-order valence-corrected chi connectivity index (χ2v) is 7.18. The van der Waals surface area contributed by atoms with Crippen LogP contribution in [-0.4, -0.2) is 48.2 Å². The van der Waals surface area contributed by atoms with Gasteiger partial charge in [0.15, 0.2) is 6.10 Å². The van der Waals surface area contributed by atoms with Crippen LogP contribution in [0.2, 0.25) is 0 Å². The number of ether oxygens (including phenoxy) is 1. The maximum atomic E-state index is 12.0. The van der Waals surface area contributed by atoms with Crippen LogP contribution >= 0.6 is 0 Å². The molecule has 0 aliphatic carbocycles. The van der Waals surface area contributed by atoms with Gasteiger partial charge >= 0.3 is 0 Å². The number of hydrogen-bond acceptors (Lipinski definition) is 6. The first-order chi connectivity index (χ1) is 14.6. The summed E-state index contributed by atoms with van der Waals surface area (Å²) in [6, 6.07) is 9.33. The Morgan fingerprint density at radius 1 is 1.33 bits per heavy atom. The number of nitrogens with one attached hydrogen (secondary N) is 2. The van der Waals surface area contributed by atoms with Crippen molar-refractivity contribution in [3.8, 4) is 5.88 Å². The second kappa shape index (κ2) is 8.64. The molecule has 0 radical (unpaired) electrons. The first-order valence-corrected chi connectivity index (χ1v) is 9.93. The van der Waals surface area contributed by atoms with E-state index in [2.05, 4.69) is 21.7 Å². The molecule has 0 spiro atoms. The van der Waals surface area contributed by atoms with Crippen LogP contribution in [0.15, 0.2) is 42.6 Å². The minimum absolute atomic E-state index is 0.105. The Morgan fingerprint density at radius 3 is 2.80 bits per heavy atom. The number of rotatable bonds is 5. The Balaban J connectivity index is 1.39. The molecule has 156 valence electrons. The SMILES string of the molecule is CCC1Oc2ncc(CN3CC=C(c4ccc(C(=O)NC)cc4)CO3)cc2NC1=O. The van der Waals surface area contributed by atoms with Crippen molar-refractivity contribution >= 4 is 23.1 Å². The highest BCUT2D eigenvalue weighted by molar-refractivity contribution is 5.97. The zero-order valence-corrected chi connectivity index (χ0v) is 17.0. The monoisotopic (exact) mass is 408 g/mol. The van der Waals surface area contributed by atoms with Crippen LogP contribution < -0.4 is 15.4 Å². The smallest absolute Gasteiger partial charge is 0.265 e. The van der Waals surface area contributed by atoms with Crippen LogP contribution in [0.5, 0.6) is 5.88 Å². The van der Waals surface area contributed by atoms with Crippen molar-refractivity contribution < 1.29 is 19.2 Å². The molecule has 0 bridgehead atoms. The lowest BCUT2D eigenvalue weighted by Crippen LogP contribution is -2.37. The zero-order chi connectivity index (χ0) is 21.1. The zero-order valence-electron chi connectivity index (χ0n) is 17.0. The highest BCUT2D eigenvalue weighted by Gasteiger charge is 2.27. The summed E-state index contributed by atoms with van der Waals surface area (Å²) in [4.78, 5) is 33.9. The molecular formula is C22H24N4O4. The first-order valence-electron chi connectivity index (χ1n) is 9.93. The maximum Gasteiger partial charge on any atom is 0.265 e. The van der Waals surface area contributed by atoms with Gasteiger partial charge in [-0.2, -0.15) is 5.06 Å². The summed E-state index contributed by atoms with van der Waals surface area (Å²) in [6.45, 7) is 3.49. The molecule has 0 fully saturated rings. The third-order valence-electron chi connectivity index (χ3n) is 5.13. The number of hydrogen-bond donors (Lipinski definition) is 2. The third kappa shape index (κ3) is 4.19. The number of fused-ring (bicyclic) bond motifs is 1. The number of benzene rings is 1. The molecule has 8 nitrogen and oxygen atoms in total. The van der Waals surface area contributed by atoms with E-state index in [1.54, 1.807) is 25.4 Å². The summed E-state index contributed by atoms with van der Waals surface area (Å²) >= 11 is 0. The van der Waals surface area contributed by atoms with Crippen LogP contribution in [0, 0.1) is 0 Å². The van der Waals surface area contributed by atoms with Gasteiger partial charge in [-0.25, -0.2) is 4.98 Å². The molecule has 2 amide bonds. The molecular weight excluding hydrogens is 384 g/mol. The minimum Gasteiger partial charge on any atom is -0.463 e. The number of hydroxylamine groups is 2. The molecule has 3 heterocycles. The van der Waals surface area contributed by atoms with E-state index in [4.69, 9.17) is 9.57 Å². The van der Waals surface area contributed by atoms with E-state index in [0.29, 0.717) is 43.2 Å². The normalized spacial score (nSPS) is 18.7. The summed E-state index contributed by atoms with van der Waals surface area (Å²) in [7, 11) is 1.61. The van der Waals surface area contributed by atoms with Gasteiger partial charge in [-0.1, -0.05) is 25.1 Å². The molecule has 4 rings (SSSR count). The molecule has 1 atom stereocenters. The number of aromatic nitrogens is 1. The molecule has 8 heteroatoms. The van der Waals surface area contributed by atoms with Gasteiger partial charge in [-0.05, 0) is 41.3 Å². The molecule has 1 unspecified atom stereocenters. The van der Waals surface area contributed by atoms with Crippen LogP contribution in [0.3, 0.4) is 0 Å². The first kappa shape index (κ1) is 20.1. The molecule has 2 aliphatic rings. The fraction of sp³-hybridized carbons (Fsp3) is 0.318. The van der Waals surface area contributed by atoms with Gasteiger partial charge in [0.2, 0.25) is 5.88 Å². The highest BCUT2D eigenvalue weighted by atomic mass is 16.7. The minimum atomic E-state index is -0.491. The van der Waals surface area contributed by atoms with Gasteiger partial charge in [-0.3, -0.25) is 14.4 Å². The molecule has 0 saturated carbocycles. The van der Waals surface area contributed by atoms with E-state index in [0.717, 1.165) is 16.7 Å². The number of amides is 2. The van der Waals surface area contributed by atoms with Crippen LogP contribution in [0.1, 0.15) is 34.8 Å². The van der Waals surface area contributed by atoms with Gasteiger partial charge in [0.1, 0.15) is 5.69 Å². The summed E-state index contributed by atoms with van der Waals surface area (Å²) in [6.07, 6.45) is 3.96. The van der Waals surface area contributed by atoms with Crippen LogP contribution in [0.4, 0.5) is 5.69 Å². The Morgan fingerprint density at radius 2 is 2.13 bits per heavy atom. The Kier molecular flexibility index (Phi) is 5.78. The van der Waals surface area contributed by atoms with E-state index in [9.17, 15) is 9.59 Å². The number of nitrogens with zero attached hydrogens (tertiary/aromatic N) is 2. The molecule has 1 aromatic heterocycles. The fourth-order valence-corrected chi connectivity index (χ4v) is 3.42. The van der Waals surface area contributed by atoms with E-state index in [1.165, 1.54) is 0 Å². The number of pyridine rings is 1. The van der Waals surface area contributed by atoms with E-state index < -0.39 is 6.10 Å². The van der Waals surface area contributed by atoms with Crippen molar-refractivity contribution in [2.45, 2.75) is 26.0 Å². The Bertz CT molecular complexity index is 987. The van der Waals surface area contributed by atoms with E-state index in [1.807, 2.05) is 30.2 Å². The third-order valence-corrected chi connectivity index (χ3v) is 5.13. The van der Waals surface area contributed by atoms with Crippen molar-refractivity contribution in [1.29, 1.82) is 0 Å². The lowest BCUT2D eigenvalue weighted by molar-refractivity contribution is -0.150. The van der Waals surface area contributed by atoms with Crippen molar-refractivity contribution in [3.05, 3.63) is 59.3 Å². The van der Waals surface area contributed by atoms with E-state index >= 15 is 0 Å². The van der Waals surface area contributed by atoms with Gasteiger partial charge in [-0.15, -0.1) is 0 Å². The Labute approximate surface area is 174 Å².